The highest BCUT2D eigenvalue weighted by molar-refractivity contribution is 5.78. The number of rotatable bonds is 2. The second-order valence-corrected chi connectivity index (χ2v) is 3.96. The molecule has 0 aromatic rings. The summed E-state index contributed by atoms with van der Waals surface area (Å²) in [4.78, 5) is 11.0. The summed E-state index contributed by atoms with van der Waals surface area (Å²) in [6.07, 6.45) is 4.17. The van der Waals surface area contributed by atoms with E-state index in [0.29, 0.717) is 0 Å². The molecule has 0 saturated heterocycles. The van der Waals surface area contributed by atoms with E-state index in [1.165, 1.54) is 0 Å². The minimum Gasteiger partial charge on any atom is -0.390 e. The molecule has 1 rings (SSSR count). The number of carbonyl (C=O) groups excluding carboxylic acids is 1. The summed E-state index contributed by atoms with van der Waals surface area (Å²) in [7, 11) is 0. The number of aliphatic hydroxyl groups is 1. The van der Waals surface area contributed by atoms with Crippen LogP contribution >= 0.6 is 0 Å². The smallest absolute Gasteiger partial charge is 0.132 e. The Balaban J connectivity index is 2.44. The molecule has 1 aliphatic carbocycles. The van der Waals surface area contributed by atoms with E-state index >= 15 is 0 Å². The van der Waals surface area contributed by atoms with Crippen LogP contribution in [0.25, 0.3) is 0 Å². The number of ketones is 1. The van der Waals surface area contributed by atoms with Crippen molar-refractivity contribution in [3.05, 3.63) is 0 Å². The topological polar surface area (TPSA) is 37.3 Å². The molecule has 0 atom stereocenters. The van der Waals surface area contributed by atoms with E-state index in [-0.39, 0.29) is 11.7 Å². The first kappa shape index (κ1) is 9.72. The summed E-state index contributed by atoms with van der Waals surface area (Å²) in [6, 6.07) is 0. The van der Waals surface area contributed by atoms with Crippen molar-refractivity contribution in [2.24, 2.45) is 5.92 Å². The highest BCUT2D eigenvalue weighted by Gasteiger charge is 2.32. The van der Waals surface area contributed by atoms with Gasteiger partial charge in [-0.2, -0.15) is 0 Å². The van der Waals surface area contributed by atoms with Gasteiger partial charge in [-0.1, -0.05) is 6.92 Å². The average Bonchev–Trinajstić information content (AvgIpc) is 2.05. The van der Waals surface area contributed by atoms with E-state index in [4.69, 9.17) is 0 Å². The SMILES string of the molecule is CCC1(O)CCC(C(C)=O)CC1. The van der Waals surface area contributed by atoms with Crippen LogP contribution in [0.15, 0.2) is 0 Å². The Morgan fingerprint density at radius 2 is 2.00 bits per heavy atom. The van der Waals surface area contributed by atoms with Crippen LogP contribution in [0.1, 0.15) is 46.0 Å². The van der Waals surface area contributed by atoms with Crippen LogP contribution in [0.2, 0.25) is 0 Å². The predicted molar refractivity (Wildman–Crippen MR) is 47.9 cm³/mol. The second kappa shape index (κ2) is 3.56. The van der Waals surface area contributed by atoms with Crippen LogP contribution in [0.5, 0.6) is 0 Å². The third kappa shape index (κ3) is 2.07. The van der Waals surface area contributed by atoms with Crippen LogP contribution < -0.4 is 0 Å². The van der Waals surface area contributed by atoms with Gasteiger partial charge < -0.3 is 5.11 Å². The molecular weight excluding hydrogens is 152 g/mol. The number of hydrogen-bond acceptors (Lipinski definition) is 2. The first-order chi connectivity index (χ1) is 5.57. The van der Waals surface area contributed by atoms with E-state index in [1.807, 2.05) is 6.92 Å². The van der Waals surface area contributed by atoms with Gasteiger partial charge in [0.05, 0.1) is 5.60 Å². The summed E-state index contributed by atoms with van der Waals surface area (Å²) in [5.41, 5.74) is -0.466. The average molecular weight is 170 g/mol. The van der Waals surface area contributed by atoms with Gasteiger partial charge in [-0.15, -0.1) is 0 Å². The highest BCUT2D eigenvalue weighted by atomic mass is 16.3. The maximum Gasteiger partial charge on any atom is 0.132 e. The third-order valence-corrected chi connectivity index (χ3v) is 3.15. The Hall–Kier alpha value is -0.370. The molecule has 1 aliphatic rings. The molecule has 2 nitrogen and oxygen atoms in total. The molecule has 0 aromatic heterocycles. The van der Waals surface area contributed by atoms with Crippen molar-refractivity contribution in [2.75, 3.05) is 0 Å². The van der Waals surface area contributed by atoms with Crippen molar-refractivity contribution < 1.29 is 9.90 Å². The Morgan fingerprint density at radius 1 is 1.50 bits per heavy atom. The molecule has 0 bridgehead atoms. The minimum atomic E-state index is -0.466. The van der Waals surface area contributed by atoms with Crippen molar-refractivity contribution in [3.63, 3.8) is 0 Å². The van der Waals surface area contributed by atoms with Gasteiger partial charge in [0.1, 0.15) is 5.78 Å². The molecule has 70 valence electrons. The normalized spacial score (nSPS) is 36.4. The van der Waals surface area contributed by atoms with Gasteiger partial charge in [-0.3, -0.25) is 4.79 Å². The molecule has 0 aliphatic heterocycles. The van der Waals surface area contributed by atoms with Gasteiger partial charge >= 0.3 is 0 Å². The molecule has 0 amide bonds. The second-order valence-electron chi connectivity index (χ2n) is 3.96. The maximum atomic E-state index is 11.0. The summed E-state index contributed by atoms with van der Waals surface area (Å²) < 4.78 is 0. The molecule has 1 N–H and O–H groups in total. The van der Waals surface area contributed by atoms with Crippen molar-refractivity contribution in [1.82, 2.24) is 0 Å². The van der Waals surface area contributed by atoms with Crippen LogP contribution in [0, 0.1) is 5.92 Å². The molecule has 12 heavy (non-hydrogen) atoms. The van der Waals surface area contributed by atoms with E-state index in [9.17, 15) is 9.90 Å². The Morgan fingerprint density at radius 3 is 2.33 bits per heavy atom. The monoisotopic (exact) mass is 170 g/mol. The van der Waals surface area contributed by atoms with Crippen LogP contribution in [0.3, 0.4) is 0 Å². The lowest BCUT2D eigenvalue weighted by atomic mass is 9.76. The predicted octanol–water partition coefficient (Wildman–Crippen LogP) is 1.91. The number of Topliss-reactive ketones (excluding diaryl/α,β-unsaturated/α-hetero) is 1. The van der Waals surface area contributed by atoms with Gasteiger partial charge in [-0.25, -0.2) is 0 Å². The van der Waals surface area contributed by atoms with Gasteiger partial charge in [0.25, 0.3) is 0 Å². The standard InChI is InChI=1S/C10H18O2/c1-3-10(12)6-4-9(5-7-10)8(2)11/h9,12H,3-7H2,1-2H3. The molecule has 1 saturated carbocycles. The lowest BCUT2D eigenvalue weighted by Crippen LogP contribution is -2.34. The molecule has 0 aromatic carbocycles. The molecular formula is C10H18O2. The highest BCUT2D eigenvalue weighted by Crippen LogP contribution is 2.34. The zero-order valence-electron chi connectivity index (χ0n) is 7.97. The summed E-state index contributed by atoms with van der Waals surface area (Å²) in [6.45, 7) is 3.66. The van der Waals surface area contributed by atoms with Crippen LogP contribution in [0.4, 0.5) is 0 Å². The first-order valence-electron chi connectivity index (χ1n) is 4.80. The summed E-state index contributed by atoms with van der Waals surface area (Å²) >= 11 is 0. The molecule has 0 radical (unpaired) electrons. The Bertz CT molecular complexity index is 167. The van der Waals surface area contributed by atoms with Crippen molar-refractivity contribution >= 4 is 5.78 Å². The number of hydrogen-bond donors (Lipinski definition) is 1. The summed E-state index contributed by atoms with van der Waals surface area (Å²) in [5.74, 6) is 0.505. The van der Waals surface area contributed by atoms with Crippen LogP contribution in [-0.2, 0) is 4.79 Å². The molecule has 0 spiro atoms. The van der Waals surface area contributed by atoms with E-state index in [0.717, 1.165) is 32.1 Å². The van der Waals surface area contributed by atoms with Crippen LogP contribution in [-0.4, -0.2) is 16.5 Å². The fourth-order valence-corrected chi connectivity index (χ4v) is 1.92. The van der Waals surface area contributed by atoms with Crippen molar-refractivity contribution in [2.45, 2.75) is 51.6 Å². The fraction of sp³-hybridized carbons (Fsp3) is 0.900. The molecule has 2 heteroatoms. The molecule has 0 heterocycles. The van der Waals surface area contributed by atoms with Gasteiger partial charge in [0.15, 0.2) is 0 Å². The van der Waals surface area contributed by atoms with Crippen molar-refractivity contribution in [3.8, 4) is 0 Å². The van der Waals surface area contributed by atoms with Gasteiger partial charge in [0.2, 0.25) is 0 Å². The lowest BCUT2D eigenvalue weighted by Gasteiger charge is -2.34. The van der Waals surface area contributed by atoms with Gasteiger partial charge in [-0.05, 0) is 39.0 Å². The number of carbonyl (C=O) groups is 1. The van der Waals surface area contributed by atoms with E-state index < -0.39 is 5.60 Å². The van der Waals surface area contributed by atoms with Crippen molar-refractivity contribution in [1.29, 1.82) is 0 Å². The van der Waals surface area contributed by atoms with Gasteiger partial charge in [0, 0.05) is 5.92 Å². The largest absolute Gasteiger partial charge is 0.390 e. The van der Waals surface area contributed by atoms with E-state index in [2.05, 4.69) is 0 Å². The zero-order chi connectivity index (χ0) is 9.19. The quantitative estimate of drug-likeness (QED) is 0.687. The maximum absolute atomic E-state index is 11.0. The zero-order valence-corrected chi connectivity index (χ0v) is 7.97. The Kier molecular flexibility index (Phi) is 2.89. The minimum absolute atomic E-state index is 0.219. The first-order valence-corrected chi connectivity index (χ1v) is 4.80. The molecule has 0 unspecified atom stereocenters. The molecule has 1 fully saturated rings. The Labute approximate surface area is 74.0 Å². The lowest BCUT2D eigenvalue weighted by molar-refractivity contribution is -0.123. The van der Waals surface area contributed by atoms with E-state index in [1.54, 1.807) is 6.92 Å². The summed E-state index contributed by atoms with van der Waals surface area (Å²) in [5, 5.41) is 9.87. The fourth-order valence-electron chi connectivity index (χ4n) is 1.92. The third-order valence-electron chi connectivity index (χ3n) is 3.15.